The molecule has 0 atom stereocenters. The van der Waals surface area contributed by atoms with E-state index in [-0.39, 0.29) is 5.57 Å². The molecule has 3 nitrogen and oxygen atoms in total. The summed E-state index contributed by atoms with van der Waals surface area (Å²) in [5, 5.41) is 17.1. The predicted molar refractivity (Wildman–Crippen MR) is 45.4 cm³/mol. The van der Waals surface area contributed by atoms with Crippen LogP contribution in [0.15, 0.2) is 11.1 Å². The second kappa shape index (κ2) is 4.55. The van der Waals surface area contributed by atoms with Gasteiger partial charge in [0.1, 0.15) is 11.6 Å². The third-order valence-electron chi connectivity index (χ3n) is 1.47. The van der Waals surface area contributed by atoms with E-state index < -0.39 is 5.97 Å². The van der Waals surface area contributed by atoms with Gasteiger partial charge in [0.15, 0.2) is 0 Å². The first kappa shape index (κ1) is 10.7. The summed E-state index contributed by atoms with van der Waals surface area (Å²) in [5.74, 6) is -0.747. The standard InChI is InChI=1S/C9H13NO2/c1-6(2)4-7(3)8(5-10)9(11)12/h6H,4H2,1-3H3,(H,11,12). The van der Waals surface area contributed by atoms with E-state index in [0.29, 0.717) is 17.9 Å². The van der Waals surface area contributed by atoms with Gasteiger partial charge in [0.25, 0.3) is 0 Å². The Morgan fingerprint density at radius 1 is 1.58 bits per heavy atom. The highest BCUT2D eigenvalue weighted by Gasteiger charge is 2.10. The molecule has 0 bridgehead atoms. The Hall–Kier alpha value is -1.30. The summed E-state index contributed by atoms with van der Waals surface area (Å²) < 4.78 is 0. The molecule has 0 heterocycles. The van der Waals surface area contributed by atoms with Gasteiger partial charge in [-0.2, -0.15) is 5.26 Å². The number of hydrogen-bond donors (Lipinski definition) is 1. The normalized spacial score (nSPS) is 12.2. The van der Waals surface area contributed by atoms with Gasteiger partial charge < -0.3 is 5.11 Å². The quantitative estimate of drug-likeness (QED) is 0.516. The SMILES string of the molecule is CC(CC(C)C)=C(C#N)C(=O)O. The summed E-state index contributed by atoms with van der Waals surface area (Å²) in [5.41, 5.74) is 0.531. The molecule has 0 saturated carbocycles. The van der Waals surface area contributed by atoms with Crippen LogP contribution in [-0.2, 0) is 4.79 Å². The van der Waals surface area contributed by atoms with Crippen LogP contribution in [-0.4, -0.2) is 11.1 Å². The van der Waals surface area contributed by atoms with E-state index in [9.17, 15) is 4.79 Å². The smallest absolute Gasteiger partial charge is 0.346 e. The molecule has 0 saturated heterocycles. The van der Waals surface area contributed by atoms with E-state index in [2.05, 4.69) is 0 Å². The predicted octanol–water partition coefficient (Wildman–Crippen LogP) is 1.96. The number of nitrogens with zero attached hydrogens (tertiary/aromatic N) is 1. The highest BCUT2D eigenvalue weighted by Crippen LogP contribution is 2.13. The minimum atomic E-state index is -1.13. The number of carbonyl (C=O) groups is 1. The molecule has 0 amide bonds. The molecule has 0 aliphatic rings. The maximum atomic E-state index is 10.5. The highest BCUT2D eigenvalue weighted by molar-refractivity contribution is 5.91. The monoisotopic (exact) mass is 167 g/mol. The van der Waals surface area contributed by atoms with Crippen LogP contribution in [0.25, 0.3) is 0 Å². The van der Waals surface area contributed by atoms with Crippen LogP contribution in [0, 0.1) is 17.2 Å². The van der Waals surface area contributed by atoms with Crippen LogP contribution >= 0.6 is 0 Å². The molecule has 3 heteroatoms. The van der Waals surface area contributed by atoms with E-state index >= 15 is 0 Å². The zero-order chi connectivity index (χ0) is 9.72. The molecule has 0 aromatic heterocycles. The molecule has 0 aromatic carbocycles. The molecule has 0 spiro atoms. The van der Waals surface area contributed by atoms with E-state index in [1.54, 1.807) is 13.0 Å². The molecular formula is C9H13NO2. The molecule has 0 rings (SSSR count). The van der Waals surface area contributed by atoms with Gasteiger partial charge in [0, 0.05) is 0 Å². The number of hydrogen-bond acceptors (Lipinski definition) is 2. The van der Waals surface area contributed by atoms with Crippen LogP contribution in [0.4, 0.5) is 0 Å². The second-order valence-corrected chi connectivity index (χ2v) is 3.17. The Balaban J connectivity index is 4.64. The van der Waals surface area contributed by atoms with Crippen LogP contribution in [0.5, 0.6) is 0 Å². The summed E-state index contributed by atoms with van der Waals surface area (Å²) in [6.45, 7) is 5.66. The average Bonchev–Trinajstić information content (AvgIpc) is 1.85. The Morgan fingerprint density at radius 2 is 2.08 bits per heavy atom. The lowest BCUT2D eigenvalue weighted by Gasteiger charge is -2.04. The fourth-order valence-corrected chi connectivity index (χ4v) is 1.04. The molecule has 12 heavy (non-hydrogen) atoms. The van der Waals surface area contributed by atoms with Crippen molar-refractivity contribution >= 4 is 5.97 Å². The van der Waals surface area contributed by atoms with Crippen molar-refractivity contribution in [2.75, 3.05) is 0 Å². The summed E-state index contributed by atoms with van der Waals surface area (Å²) in [4.78, 5) is 10.5. The Bertz CT molecular complexity index is 246. The maximum absolute atomic E-state index is 10.5. The fourth-order valence-electron chi connectivity index (χ4n) is 1.04. The van der Waals surface area contributed by atoms with E-state index in [0.717, 1.165) is 0 Å². The van der Waals surface area contributed by atoms with Crippen molar-refractivity contribution in [3.05, 3.63) is 11.1 Å². The first-order valence-corrected chi connectivity index (χ1v) is 3.82. The first-order chi connectivity index (χ1) is 5.49. The summed E-state index contributed by atoms with van der Waals surface area (Å²) in [7, 11) is 0. The largest absolute Gasteiger partial charge is 0.477 e. The summed E-state index contributed by atoms with van der Waals surface area (Å²) in [6, 6.07) is 1.69. The van der Waals surface area contributed by atoms with Gasteiger partial charge in [0.05, 0.1) is 0 Å². The Kier molecular flexibility index (Phi) is 4.06. The number of nitriles is 1. The summed E-state index contributed by atoms with van der Waals surface area (Å²) in [6.07, 6.45) is 0.662. The van der Waals surface area contributed by atoms with Gasteiger partial charge in [-0.1, -0.05) is 13.8 Å². The number of carboxylic acid groups (broad SMARTS) is 1. The van der Waals surface area contributed by atoms with Gasteiger partial charge in [-0.15, -0.1) is 0 Å². The van der Waals surface area contributed by atoms with E-state index in [1.807, 2.05) is 13.8 Å². The zero-order valence-corrected chi connectivity index (χ0v) is 7.59. The van der Waals surface area contributed by atoms with E-state index in [4.69, 9.17) is 10.4 Å². The van der Waals surface area contributed by atoms with Gasteiger partial charge >= 0.3 is 5.97 Å². The van der Waals surface area contributed by atoms with Crippen molar-refractivity contribution in [2.45, 2.75) is 27.2 Å². The van der Waals surface area contributed by atoms with Crippen molar-refractivity contribution in [1.29, 1.82) is 5.26 Å². The van der Waals surface area contributed by atoms with Crippen LogP contribution < -0.4 is 0 Å². The lowest BCUT2D eigenvalue weighted by atomic mass is 10.0. The lowest BCUT2D eigenvalue weighted by molar-refractivity contribution is -0.132. The topological polar surface area (TPSA) is 61.1 Å². The molecule has 0 aliphatic heterocycles. The number of carboxylic acids is 1. The van der Waals surface area contributed by atoms with Crippen molar-refractivity contribution in [2.24, 2.45) is 5.92 Å². The fraction of sp³-hybridized carbons (Fsp3) is 0.556. The van der Waals surface area contributed by atoms with Crippen LogP contribution in [0.1, 0.15) is 27.2 Å². The van der Waals surface area contributed by atoms with Crippen LogP contribution in [0.3, 0.4) is 0 Å². The maximum Gasteiger partial charge on any atom is 0.346 e. The molecular weight excluding hydrogens is 154 g/mol. The van der Waals surface area contributed by atoms with Gasteiger partial charge in [0.2, 0.25) is 0 Å². The third kappa shape index (κ3) is 3.20. The highest BCUT2D eigenvalue weighted by atomic mass is 16.4. The van der Waals surface area contributed by atoms with Crippen molar-refractivity contribution < 1.29 is 9.90 Å². The number of allylic oxidation sites excluding steroid dienone is 1. The van der Waals surface area contributed by atoms with E-state index in [1.165, 1.54) is 0 Å². The molecule has 1 N–H and O–H groups in total. The molecule has 0 aromatic rings. The Morgan fingerprint density at radius 3 is 2.33 bits per heavy atom. The minimum Gasteiger partial charge on any atom is -0.477 e. The molecule has 0 unspecified atom stereocenters. The van der Waals surface area contributed by atoms with Gasteiger partial charge in [-0.05, 0) is 24.8 Å². The average molecular weight is 167 g/mol. The lowest BCUT2D eigenvalue weighted by Crippen LogP contribution is -2.02. The van der Waals surface area contributed by atoms with Crippen molar-refractivity contribution in [1.82, 2.24) is 0 Å². The first-order valence-electron chi connectivity index (χ1n) is 3.82. The molecule has 0 fully saturated rings. The van der Waals surface area contributed by atoms with Gasteiger partial charge in [-0.3, -0.25) is 0 Å². The second-order valence-electron chi connectivity index (χ2n) is 3.17. The molecule has 0 aliphatic carbocycles. The third-order valence-corrected chi connectivity index (χ3v) is 1.47. The molecule has 66 valence electrons. The van der Waals surface area contributed by atoms with Gasteiger partial charge in [-0.25, -0.2) is 4.79 Å². The number of rotatable bonds is 3. The van der Waals surface area contributed by atoms with Crippen LogP contribution in [0.2, 0.25) is 0 Å². The molecule has 0 radical (unpaired) electrons. The Labute approximate surface area is 72.3 Å². The van der Waals surface area contributed by atoms with Crippen molar-refractivity contribution in [3.8, 4) is 6.07 Å². The zero-order valence-electron chi connectivity index (χ0n) is 7.59. The van der Waals surface area contributed by atoms with Crippen molar-refractivity contribution in [3.63, 3.8) is 0 Å². The summed E-state index contributed by atoms with van der Waals surface area (Å²) >= 11 is 0. The number of aliphatic carboxylic acids is 1. The minimum absolute atomic E-state index is 0.122.